The fourth-order valence-electron chi connectivity index (χ4n) is 3.77. The van der Waals surface area contributed by atoms with Gasteiger partial charge in [0.15, 0.2) is 5.16 Å². The van der Waals surface area contributed by atoms with Gasteiger partial charge in [-0.1, -0.05) is 30.0 Å². The molecule has 1 unspecified atom stereocenters. The summed E-state index contributed by atoms with van der Waals surface area (Å²) in [6, 6.07) is 12.2. The number of aromatic nitrogens is 2. The molecule has 2 heterocycles. The molecule has 1 aromatic carbocycles. The molecule has 154 valence electrons. The van der Waals surface area contributed by atoms with E-state index in [4.69, 9.17) is 9.72 Å². The number of benzene rings is 1. The van der Waals surface area contributed by atoms with Gasteiger partial charge in [0, 0.05) is 42.7 Å². The lowest BCUT2D eigenvalue weighted by Crippen LogP contribution is -2.38. The zero-order chi connectivity index (χ0) is 20.6. The number of alkyl carbamates (subject to hydrolysis) is 1. The van der Waals surface area contributed by atoms with Crippen molar-refractivity contribution in [2.75, 3.05) is 29.6 Å². The predicted molar refractivity (Wildman–Crippen MR) is 116 cm³/mol. The van der Waals surface area contributed by atoms with Crippen molar-refractivity contribution in [3.63, 3.8) is 0 Å². The highest BCUT2D eigenvalue weighted by molar-refractivity contribution is 7.98. The Morgan fingerprint density at radius 3 is 2.48 bits per heavy atom. The number of nitrogens with one attached hydrogen (secondary N) is 2. The van der Waals surface area contributed by atoms with E-state index in [2.05, 4.69) is 20.5 Å². The van der Waals surface area contributed by atoms with Crippen molar-refractivity contribution in [3.05, 3.63) is 36.4 Å². The Balaban J connectivity index is 1.39. The standard InChI is InChI=1S/C21H27N5O2S/c1-21(2,3)28-20(27)25-18-14-11-26(12-15(14)18)17-10-16(23-19(24-17)29-4)22-13-8-6-5-7-9-13/h5-10,14-15,18H,11-12H2,1-4H3,(H,25,27)(H,22,23,24)/t14-,15+,18?. The van der Waals surface area contributed by atoms with Crippen LogP contribution in [0.1, 0.15) is 20.8 Å². The average molecular weight is 414 g/mol. The van der Waals surface area contributed by atoms with Crippen molar-refractivity contribution in [2.24, 2.45) is 11.8 Å². The van der Waals surface area contributed by atoms with E-state index >= 15 is 0 Å². The molecule has 1 aliphatic heterocycles. The number of hydrogen-bond acceptors (Lipinski definition) is 7. The number of rotatable bonds is 5. The highest BCUT2D eigenvalue weighted by Gasteiger charge is 2.57. The Morgan fingerprint density at radius 2 is 1.86 bits per heavy atom. The molecule has 2 aliphatic rings. The molecule has 1 aliphatic carbocycles. The van der Waals surface area contributed by atoms with E-state index < -0.39 is 5.60 Å². The second-order valence-electron chi connectivity index (χ2n) is 8.49. The molecule has 8 heteroatoms. The van der Waals surface area contributed by atoms with Crippen LogP contribution in [0.15, 0.2) is 41.6 Å². The highest BCUT2D eigenvalue weighted by Crippen LogP contribution is 2.47. The van der Waals surface area contributed by atoms with Crippen LogP contribution in [0.25, 0.3) is 0 Å². The molecule has 2 N–H and O–H groups in total. The van der Waals surface area contributed by atoms with Gasteiger partial charge in [-0.2, -0.15) is 0 Å². The van der Waals surface area contributed by atoms with Gasteiger partial charge >= 0.3 is 6.09 Å². The van der Waals surface area contributed by atoms with Gasteiger partial charge in [0.25, 0.3) is 0 Å². The number of piperidine rings is 1. The molecule has 1 saturated carbocycles. The van der Waals surface area contributed by atoms with E-state index in [1.54, 1.807) is 0 Å². The molecule has 2 fully saturated rings. The molecule has 0 bridgehead atoms. The SMILES string of the molecule is CSc1nc(Nc2ccccc2)cc(N2C[C@@H]3C(NC(=O)OC(C)(C)C)[C@@H]3C2)n1. The van der Waals surface area contributed by atoms with E-state index in [0.717, 1.165) is 35.6 Å². The van der Waals surface area contributed by atoms with E-state index in [-0.39, 0.29) is 12.1 Å². The summed E-state index contributed by atoms with van der Waals surface area (Å²) in [5.74, 6) is 2.60. The first-order valence-corrected chi connectivity index (χ1v) is 11.0. The summed E-state index contributed by atoms with van der Waals surface area (Å²) in [4.78, 5) is 23.6. The Kier molecular flexibility index (Phi) is 5.29. The van der Waals surface area contributed by atoms with E-state index in [9.17, 15) is 4.79 Å². The van der Waals surface area contributed by atoms with Crippen LogP contribution >= 0.6 is 11.8 Å². The maximum atomic E-state index is 12.0. The predicted octanol–water partition coefficient (Wildman–Crippen LogP) is 3.90. The lowest BCUT2D eigenvalue weighted by Gasteiger charge is -2.23. The zero-order valence-electron chi connectivity index (χ0n) is 17.2. The monoisotopic (exact) mass is 413 g/mol. The van der Waals surface area contributed by atoms with Crippen LogP contribution in [0.2, 0.25) is 0 Å². The summed E-state index contributed by atoms with van der Waals surface area (Å²) in [6.07, 6.45) is 1.65. The maximum Gasteiger partial charge on any atom is 0.407 e. The maximum absolute atomic E-state index is 12.0. The summed E-state index contributed by atoms with van der Waals surface area (Å²) < 4.78 is 5.37. The smallest absolute Gasteiger partial charge is 0.407 e. The Morgan fingerprint density at radius 1 is 1.17 bits per heavy atom. The molecule has 1 saturated heterocycles. The molecule has 0 radical (unpaired) electrons. The van der Waals surface area contributed by atoms with Gasteiger partial charge in [0.05, 0.1) is 0 Å². The second kappa shape index (κ2) is 7.74. The fraction of sp³-hybridized carbons (Fsp3) is 0.476. The van der Waals surface area contributed by atoms with Crippen molar-refractivity contribution < 1.29 is 9.53 Å². The molecule has 0 spiro atoms. The number of para-hydroxylation sites is 1. The number of ether oxygens (including phenoxy) is 1. The van der Waals surface area contributed by atoms with Crippen LogP contribution in [-0.2, 0) is 4.74 Å². The number of carbonyl (C=O) groups excluding carboxylic acids is 1. The molecular weight excluding hydrogens is 386 g/mol. The molecular formula is C21H27N5O2S. The number of carbonyl (C=O) groups is 1. The van der Waals surface area contributed by atoms with Crippen molar-refractivity contribution in [1.29, 1.82) is 0 Å². The van der Waals surface area contributed by atoms with Crippen LogP contribution in [0.3, 0.4) is 0 Å². The first-order chi connectivity index (χ1) is 13.8. The Bertz CT molecular complexity index is 874. The zero-order valence-corrected chi connectivity index (χ0v) is 18.0. The summed E-state index contributed by atoms with van der Waals surface area (Å²) >= 11 is 1.53. The van der Waals surface area contributed by atoms with Gasteiger partial charge in [-0.05, 0) is 39.2 Å². The third-order valence-electron chi connectivity index (χ3n) is 5.12. The number of nitrogens with zero attached hydrogens (tertiary/aromatic N) is 3. The highest BCUT2D eigenvalue weighted by atomic mass is 32.2. The van der Waals surface area contributed by atoms with Gasteiger partial charge in [-0.25, -0.2) is 14.8 Å². The van der Waals surface area contributed by atoms with Crippen molar-refractivity contribution in [2.45, 2.75) is 37.6 Å². The minimum atomic E-state index is -0.475. The van der Waals surface area contributed by atoms with E-state index in [1.165, 1.54) is 11.8 Å². The first kappa shape index (κ1) is 19.8. The number of anilines is 3. The van der Waals surface area contributed by atoms with Crippen molar-refractivity contribution >= 4 is 35.2 Å². The topological polar surface area (TPSA) is 79.4 Å². The van der Waals surface area contributed by atoms with Crippen molar-refractivity contribution in [1.82, 2.24) is 15.3 Å². The van der Waals surface area contributed by atoms with Crippen LogP contribution in [-0.4, -0.2) is 47.0 Å². The number of hydrogen-bond donors (Lipinski definition) is 2. The van der Waals surface area contributed by atoms with Gasteiger partial charge < -0.3 is 20.3 Å². The molecule has 4 rings (SSSR count). The molecule has 7 nitrogen and oxygen atoms in total. The Labute approximate surface area is 175 Å². The Hall–Kier alpha value is -2.48. The number of fused-ring (bicyclic) bond motifs is 1. The van der Waals surface area contributed by atoms with Crippen LogP contribution < -0.4 is 15.5 Å². The van der Waals surface area contributed by atoms with Gasteiger partial charge in [-0.3, -0.25) is 0 Å². The first-order valence-electron chi connectivity index (χ1n) is 9.82. The quantitative estimate of drug-likeness (QED) is 0.568. The van der Waals surface area contributed by atoms with Crippen LogP contribution in [0.5, 0.6) is 0 Å². The van der Waals surface area contributed by atoms with Crippen LogP contribution in [0, 0.1) is 11.8 Å². The number of amides is 1. The van der Waals surface area contributed by atoms with Crippen molar-refractivity contribution in [3.8, 4) is 0 Å². The lowest BCUT2D eigenvalue weighted by atomic mass is 10.2. The second-order valence-corrected chi connectivity index (χ2v) is 9.27. The number of thioether (sulfide) groups is 1. The van der Waals surface area contributed by atoms with Gasteiger partial charge in [0.1, 0.15) is 17.2 Å². The van der Waals surface area contributed by atoms with E-state index in [1.807, 2.05) is 63.4 Å². The molecule has 3 atom stereocenters. The lowest BCUT2D eigenvalue weighted by molar-refractivity contribution is 0.0518. The summed E-state index contributed by atoms with van der Waals surface area (Å²) in [5.41, 5.74) is 0.521. The minimum absolute atomic E-state index is 0.199. The van der Waals surface area contributed by atoms with Crippen LogP contribution in [0.4, 0.5) is 22.1 Å². The third kappa shape index (κ3) is 4.75. The molecule has 29 heavy (non-hydrogen) atoms. The van der Waals surface area contributed by atoms with E-state index in [0.29, 0.717) is 11.8 Å². The molecule has 1 amide bonds. The summed E-state index contributed by atoms with van der Waals surface area (Å²) in [5, 5.41) is 7.11. The normalized spacial score (nSPS) is 22.8. The average Bonchev–Trinajstić information content (AvgIpc) is 3.10. The molecule has 1 aromatic heterocycles. The van der Waals surface area contributed by atoms with Gasteiger partial charge in [0.2, 0.25) is 0 Å². The van der Waals surface area contributed by atoms with Gasteiger partial charge in [-0.15, -0.1) is 0 Å². The summed E-state index contributed by atoms with van der Waals surface area (Å²) in [7, 11) is 0. The molecule has 2 aromatic rings. The minimum Gasteiger partial charge on any atom is -0.444 e. The largest absolute Gasteiger partial charge is 0.444 e. The third-order valence-corrected chi connectivity index (χ3v) is 5.67. The fourth-order valence-corrected chi connectivity index (χ4v) is 4.15. The summed E-state index contributed by atoms with van der Waals surface area (Å²) in [6.45, 7) is 7.38.